The molecule has 0 atom stereocenters. The predicted molar refractivity (Wildman–Crippen MR) is 161 cm³/mol. The highest BCUT2D eigenvalue weighted by molar-refractivity contribution is 14.2. The summed E-state index contributed by atoms with van der Waals surface area (Å²) in [6, 6.07) is 5.21. The van der Waals surface area contributed by atoms with Crippen LogP contribution in [0, 0.1) is 18.3 Å². The fourth-order valence-electron chi connectivity index (χ4n) is 2.37. The number of fused-ring (bicyclic) bond motifs is 1. The van der Waals surface area contributed by atoms with Crippen molar-refractivity contribution < 1.29 is 19.1 Å². The molecule has 37 heavy (non-hydrogen) atoms. The average Bonchev–Trinajstić information content (AvgIpc) is 3.47. The van der Waals surface area contributed by atoms with Crippen molar-refractivity contribution in [1.82, 2.24) is 24.8 Å². The third kappa shape index (κ3) is 12.7. The van der Waals surface area contributed by atoms with Gasteiger partial charge in [-0.2, -0.15) is 20.0 Å². The number of esters is 2. The average molecular weight is 740 g/mol. The maximum atomic E-state index is 11.7. The molecule has 0 aliphatic carbocycles. The van der Waals surface area contributed by atoms with Crippen molar-refractivity contribution in [3.8, 4) is 6.07 Å². The zero-order chi connectivity index (χ0) is 27.7. The molecular weight excluding hydrogens is 706 g/mol. The first-order chi connectivity index (χ1) is 17.1. The van der Waals surface area contributed by atoms with Crippen LogP contribution < -0.4 is 11.5 Å². The van der Waals surface area contributed by atoms with Gasteiger partial charge >= 0.3 is 11.9 Å². The van der Waals surface area contributed by atoms with E-state index < -0.39 is 11.9 Å². The third-order valence-corrected chi connectivity index (χ3v) is 3.84. The van der Waals surface area contributed by atoms with Gasteiger partial charge in [0, 0.05) is 6.07 Å². The maximum absolute atomic E-state index is 11.7. The Morgan fingerprint density at radius 2 is 1.73 bits per heavy atom. The molecule has 204 valence electrons. The molecule has 0 aromatic carbocycles. The molecule has 0 fully saturated rings. The standard InChI is InChI=1S/C10H12N4O2.C8H11NO2.C3H5N3.CH2I2.CH4/c1-3-16-10(15)8-6(2)13-7-4-5-12-14(7)9(8)11;1-4-11-8(10)7(5-9)6(2)3;4-3-1-2-5-6-3;2-1-3;/h4-5H,3,11H2,1-2H3;4H2,1-3H3;1-2H,(H3,4,5,6);1H2;1H4. The van der Waals surface area contributed by atoms with Gasteiger partial charge < -0.3 is 20.9 Å². The molecule has 3 aromatic rings. The van der Waals surface area contributed by atoms with E-state index in [-0.39, 0.29) is 24.4 Å². The van der Waals surface area contributed by atoms with Gasteiger partial charge in [-0.25, -0.2) is 14.6 Å². The van der Waals surface area contributed by atoms with Gasteiger partial charge in [-0.3, -0.25) is 5.10 Å². The number of nitrogens with two attached hydrogens (primary N) is 2. The quantitative estimate of drug-likeness (QED) is 0.112. The van der Waals surface area contributed by atoms with Gasteiger partial charge in [0.1, 0.15) is 28.8 Å². The van der Waals surface area contributed by atoms with Gasteiger partial charge in [-0.05, 0) is 40.7 Å². The van der Waals surface area contributed by atoms with Gasteiger partial charge in [-0.1, -0.05) is 58.2 Å². The Labute approximate surface area is 244 Å². The van der Waals surface area contributed by atoms with Gasteiger partial charge in [0.2, 0.25) is 0 Å². The highest BCUT2D eigenvalue weighted by Crippen LogP contribution is 2.17. The Bertz CT molecular complexity index is 1170. The van der Waals surface area contributed by atoms with Crippen molar-refractivity contribution in [2.24, 2.45) is 0 Å². The summed E-state index contributed by atoms with van der Waals surface area (Å²) in [7, 11) is 0. The van der Waals surface area contributed by atoms with Crippen LogP contribution >= 0.6 is 45.2 Å². The molecule has 5 N–H and O–H groups in total. The summed E-state index contributed by atoms with van der Waals surface area (Å²) in [5.41, 5.74) is 13.2. The number of alkyl halides is 2. The predicted octanol–water partition coefficient (Wildman–Crippen LogP) is 4.65. The second kappa shape index (κ2) is 20.2. The van der Waals surface area contributed by atoms with Gasteiger partial charge in [0.25, 0.3) is 0 Å². The van der Waals surface area contributed by atoms with E-state index in [1.807, 2.05) is 0 Å². The lowest BCUT2D eigenvalue weighted by molar-refractivity contribution is -0.138. The van der Waals surface area contributed by atoms with Crippen molar-refractivity contribution in [2.75, 3.05) is 27.1 Å². The summed E-state index contributed by atoms with van der Waals surface area (Å²) in [4.78, 5) is 26.8. The molecule has 3 heterocycles. The van der Waals surface area contributed by atoms with E-state index in [2.05, 4.69) is 70.2 Å². The van der Waals surface area contributed by atoms with Crippen molar-refractivity contribution in [2.45, 2.75) is 42.0 Å². The fourth-order valence-corrected chi connectivity index (χ4v) is 2.37. The van der Waals surface area contributed by atoms with E-state index in [0.717, 1.165) is 0 Å². The van der Waals surface area contributed by atoms with Crippen LogP contribution in [0.3, 0.4) is 0 Å². The largest absolute Gasteiger partial charge is 0.462 e. The number of nitrogen functional groups attached to an aromatic ring is 2. The van der Waals surface area contributed by atoms with E-state index in [9.17, 15) is 9.59 Å². The minimum absolute atomic E-state index is 0. The summed E-state index contributed by atoms with van der Waals surface area (Å²) in [5, 5.41) is 18.6. The van der Waals surface area contributed by atoms with E-state index >= 15 is 0 Å². The number of carbonyl (C=O) groups is 2. The van der Waals surface area contributed by atoms with Gasteiger partial charge in [-0.15, -0.1) is 0 Å². The van der Waals surface area contributed by atoms with Crippen molar-refractivity contribution in [3.05, 3.63) is 46.9 Å². The molecule has 0 bridgehead atoms. The Balaban J connectivity index is 0. The molecule has 0 amide bonds. The number of hydrogen-bond donors (Lipinski definition) is 3. The summed E-state index contributed by atoms with van der Waals surface area (Å²) in [5.74, 6) is -0.140. The number of nitrogens with one attached hydrogen (secondary N) is 1. The summed E-state index contributed by atoms with van der Waals surface area (Å²) >= 11 is 4.55. The number of hydrogen-bond acceptors (Lipinski definition) is 10. The first-order valence-electron chi connectivity index (χ1n) is 10.5. The summed E-state index contributed by atoms with van der Waals surface area (Å²) in [6.07, 6.45) is 3.18. The van der Waals surface area contributed by atoms with E-state index in [1.54, 1.807) is 65.2 Å². The SMILES string of the molecule is C.CCOC(=O)C(C#N)=C(C)C.CCOC(=O)c1c(C)nc2ccnn2c1N.ICI.Nc1ccn[nH]1. The Morgan fingerprint density at radius 1 is 1.14 bits per heavy atom. The van der Waals surface area contributed by atoms with Crippen molar-refractivity contribution in [1.29, 1.82) is 5.26 Å². The lowest BCUT2D eigenvalue weighted by Crippen LogP contribution is -2.15. The molecule has 12 nitrogen and oxygen atoms in total. The van der Waals surface area contributed by atoms with Crippen LogP contribution in [0.5, 0.6) is 0 Å². The highest BCUT2D eigenvalue weighted by atomic mass is 127. The molecule has 0 aliphatic heterocycles. The lowest BCUT2D eigenvalue weighted by atomic mass is 10.2. The lowest BCUT2D eigenvalue weighted by Gasteiger charge is -2.09. The fraction of sp³-hybridized carbons (Fsp3) is 0.391. The Morgan fingerprint density at radius 3 is 2.14 bits per heavy atom. The van der Waals surface area contributed by atoms with E-state index in [4.69, 9.17) is 21.5 Å². The molecule has 0 radical (unpaired) electrons. The molecule has 0 saturated heterocycles. The van der Waals surface area contributed by atoms with Crippen LogP contribution in [0.1, 0.15) is 51.2 Å². The van der Waals surface area contributed by atoms with Crippen molar-refractivity contribution >= 4 is 74.4 Å². The molecule has 0 spiro atoms. The Kier molecular flexibility index (Phi) is 19.7. The molecule has 0 saturated carbocycles. The number of aryl methyl sites for hydroxylation is 1. The minimum atomic E-state index is -0.532. The number of ether oxygens (including phenoxy) is 2. The smallest absolute Gasteiger partial charge is 0.348 e. The van der Waals surface area contributed by atoms with Crippen LogP contribution in [0.25, 0.3) is 5.65 Å². The van der Waals surface area contributed by atoms with Gasteiger partial charge in [0.15, 0.2) is 5.65 Å². The second-order valence-corrected chi connectivity index (χ2v) is 11.0. The second-order valence-electron chi connectivity index (χ2n) is 6.60. The first kappa shape index (κ1) is 36.2. The maximum Gasteiger partial charge on any atom is 0.348 e. The molecule has 14 heteroatoms. The van der Waals surface area contributed by atoms with Crippen LogP contribution in [0.4, 0.5) is 11.6 Å². The van der Waals surface area contributed by atoms with E-state index in [0.29, 0.717) is 35.9 Å². The van der Waals surface area contributed by atoms with Gasteiger partial charge in [0.05, 0.1) is 33.7 Å². The topological polar surface area (TPSA) is 187 Å². The van der Waals surface area contributed by atoms with Crippen molar-refractivity contribution in [3.63, 3.8) is 0 Å². The zero-order valence-corrected chi connectivity index (χ0v) is 25.0. The number of carbonyl (C=O) groups excluding carboxylic acids is 2. The minimum Gasteiger partial charge on any atom is -0.462 e. The summed E-state index contributed by atoms with van der Waals surface area (Å²) < 4.78 is 12.2. The number of nitriles is 1. The number of aromatic amines is 1. The first-order valence-corrected chi connectivity index (χ1v) is 13.5. The molecular formula is C23H34I2N8O4. The monoisotopic (exact) mass is 740 g/mol. The molecule has 0 aliphatic rings. The number of allylic oxidation sites excluding steroid dienone is 1. The number of halogens is 2. The molecule has 3 aromatic heterocycles. The number of anilines is 2. The number of H-pyrrole nitrogens is 1. The normalized spacial score (nSPS) is 8.92. The molecule has 0 unspecified atom stereocenters. The Hall–Kier alpha value is -2.94. The van der Waals surface area contributed by atoms with Crippen LogP contribution in [-0.4, -0.2) is 52.4 Å². The number of aromatic nitrogens is 5. The molecule has 3 rings (SSSR count). The van der Waals surface area contributed by atoms with Crippen LogP contribution in [0.15, 0.2) is 35.7 Å². The van der Waals surface area contributed by atoms with Crippen LogP contribution in [-0.2, 0) is 14.3 Å². The summed E-state index contributed by atoms with van der Waals surface area (Å²) in [6.45, 7) is 9.17. The van der Waals surface area contributed by atoms with E-state index in [1.165, 1.54) is 6.95 Å². The number of rotatable bonds is 4. The number of nitrogens with zero attached hydrogens (tertiary/aromatic N) is 5. The zero-order valence-electron chi connectivity index (χ0n) is 20.7. The third-order valence-electron chi connectivity index (χ3n) is 3.84. The highest BCUT2D eigenvalue weighted by Gasteiger charge is 2.18. The van der Waals surface area contributed by atoms with Crippen LogP contribution in [0.2, 0.25) is 0 Å².